The first-order valence-electron chi connectivity index (χ1n) is 8.38. The minimum atomic E-state index is 0.252. The highest BCUT2D eigenvalue weighted by Gasteiger charge is 2.26. The molecule has 0 spiro atoms. The summed E-state index contributed by atoms with van der Waals surface area (Å²) in [6.45, 7) is 3.71. The van der Waals surface area contributed by atoms with Crippen molar-refractivity contribution in [1.29, 1.82) is 0 Å². The fourth-order valence-corrected chi connectivity index (χ4v) is 3.30. The Labute approximate surface area is 137 Å². The summed E-state index contributed by atoms with van der Waals surface area (Å²) < 4.78 is 3.75. The molecule has 1 aliphatic rings. The van der Waals surface area contributed by atoms with E-state index >= 15 is 0 Å². The van der Waals surface area contributed by atoms with Crippen molar-refractivity contribution in [3.63, 3.8) is 0 Å². The van der Waals surface area contributed by atoms with Crippen molar-refractivity contribution in [2.75, 3.05) is 6.54 Å². The second-order valence-electron chi connectivity index (χ2n) is 6.50. The Balaban J connectivity index is 1.59. The van der Waals surface area contributed by atoms with E-state index < -0.39 is 0 Å². The topological polar surface area (TPSA) is 56.0 Å². The summed E-state index contributed by atoms with van der Waals surface area (Å²) in [4.78, 5) is 14.7. The van der Waals surface area contributed by atoms with Crippen molar-refractivity contribution in [2.24, 2.45) is 7.05 Å². The molecule has 0 radical (unpaired) electrons. The van der Waals surface area contributed by atoms with E-state index in [1.165, 1.54) is 6.42 Å². The minimum Gasteiger partial charge on any atom is -0.338 e. The van der Waals surface area contributed by atoms with Crippen molar-refractivity contribution in [2.45, 2.75) is 51.6 Å². The first-order valence-corrected chi connectivity index (χ1v) is 8.38. The molecule has 3 heterocycles. The molecule has 0 aliphatic carbocycles. The highest BCUT2D eigenvalue weighted by atomic mass is 16.2. The van der Waals surface area contributed by atoms with Gasteiger partial charge < -0.3 is 4.90 Å². The van der Waals surface area contributed by atoms with Gasteiger partial charge in [-0.3, -0.25) is 14.2 Å². The van der Waals surface area contributed by atoms with Crippen molar-refractivity contribution < 1.29 is 4.79 Å². The van der Waals surface area contributed by atoms with Gasteiger partial charge in [-0.1, -0.05) is 0 Å². The van der Waals surface area contributed by atoms with E-state index in [-0.39, 0.29) is 11.9 Å². The second-order valence-corrected chi connectivity index (χ2v) is 6.50. The number of nitrogens with zero attached hydrogens (tertiary/aromatic N) is 5. The van der Waals surface area contributed by atoms with Crippen LogP contribution in [0, 0.1) is 6.92 Å². The molecule has 3 rings (SSSR count). The molecule has 6 heteroatoms. The van der Waals surface area contributed by atoms with Crippen LogP contribution in [0.3, 0.4) is 0 Å². The normalized spacial score (nSPS) is 18.3. The fourth-order valence-electron chi connectivity index (χ4n) is 3.30. The van der Waals surface area contributed by atoms with E-state index in [0.29, 0.717) is 6.42 Å². The smallest absolute Gasteiger partial charge is 0.223 e. The minimum absolute atomic E-state index is 0.252. The molecule has 23 heavy (non-hydrogen) atoms. The van der Waals surface area contributed by atoms with Crippen LogP contribution < -0.4 is 0 Å². The summed E-state index contributed by atoms with van der Waals surface area (Å²) in [6, 6.07) is 0.268. The molecule has 2 aromatic heterocycles. The van der Waals surface area contributed by atoms with E-state index in [1.807, 2.05) is 43.4 Å². The Bertz CT molecular complexity index is 659. The van der Waals surface area contributed by atoms with Gasteiger partial charge in [0.25, 0.3) is 0 Å². The van der Waals surface area contributed by atoms with Crippen LogP contribution in [0.5, 0.6) is 0 Å². The lowest BCUT2D eigenvalue weighted by Crippen LogP contribution is -2.46. The van der Waals surface area contributed by atoms with Crippen LogP contribution in [-0.4, -0.2) is 43.0 Å². The predicted octanol–water partition coefficient (Wildman–Crippen LogP) is 1.94. The second kappa shape index (κ2) is 6.98. The zero-order valence-electron chi connectivity index (χ0n) is 14.0. The van der Waals surface area contributed by atoms with Crippen molar-refractivity contribution in [3.8, 4) is 0 Å². The molecule has 2 aromatic rings. The van der Waals surface area contributed by atoms with E-state index in [0.717, 1.165) is 43.5 Å². The molecule has 124 valence electrons. The molecule has 0 aromatic carbocycles. The van der Waals surface area contributed by atoms with Crippen LogP contribution in [0.1, 0.15) is 36.8 Å². The van der Waals surface area contributed by atoms with Gasteiger partial charge in [-0.25, -0.2) is 0 Å². The van der Waals surface area contributed by atoms with Gasteiger partial charge in [0, 0.05) is 32.4 Å². The van der Waals surface area contributed by atoms with Crippen molar-refractivity contribution in [3.05, 3.63) is 35.9 Å². The molecule has 0 N–H and O–H groups in total. The van der Waals surface area contributed by atoms with Crippen LogP contribution in [0.25, 0.3) is 0 Å². The number of aryl methyl sites for hydroxylation is 3. The van der Waals surface area contributed by atoms with Gasteiger partial charge in [-0.2, -0.15) is 10.2 Å². The zero-order chi connectivity index (χ0) is 16.2. The number of hydrogen-bond donors (Lipinski definition) is 0. The Morgan fingerprint density at radius 2 is 2.13 bits per heavy atom. The number of hydrogen-bond acceptors (Lipinski definition) is 3. The SMILES string of the molecule is Cc1cnn(CC2CCCCN2C(=O)CCc2cnn(C)c2)c1. The Hall–Kier alpha value is -2.11. The quantitative estimate of drug-likeness (QED) is 0.847. The maximum atomic E-state index is 12.7. The molecular formula is C17H25N5O. The van der Waals surface area contributed by atoms with Gasteiger partial charge >= 0.3 is 0 Å². The lowest BCUT2D eigenvalue weighted by molar-refractivity contribution is -0.135. The average Bonchev–Trinajstić information content (AvgIpc) is 3.14. The third kappa shape index (κ3) is 4.00. The summed E-state index contributed by atoms with van der Waals surface area (Å²) in [7, 11) is 1.90. The Morgan fingerprint density at radius 3 is 2.83 bits per heavy atom. The third-order valence-electron chi connectivity index (χ3n) is 4.49. The van der Waals surface area contributed by atoms with Gasteiger partial charge in [0.05, 0.1) is 25.0 Å². The Morgan fingerprint density at radius 1 is 1.26 bits per heavy atom. The summed E-state index contributed by atoms with van der Waals surface area (Å²) in [6.07, 6.45) is 12.4. The van der Waals surface area contributed by atoms with Crippen LogP contribution in [0.4, 0.5) is 0 Å². The summed E-state index contributed by atoms with van der Waals surface area (Å²) in [5.41, 5.74) is 2.28. The molecular weight excluding hydrogens is 290 g/mol. The van der Waals surface area contributed by atoms with E-state index in [1.54, 1.807) is 4.68 Å². The number of piperidine rings is 1. The van der Waals surface area contributed by atoms with Gasteiger partial charge in [-0.15, -0.1) is 0 Å². The van der Waals surface area contributed by atoms with Crippen LogP contribution in [0.2, 0.25) is 0 Å². The number of carbonyl (C=O) groups is 1. The molecule has 1 unspecified atom stereocenters. The maximum absolute atomic E-state index is 12.7. The third-order valence-corrected chi connectivity index (χ3v) is 4.49. The largest absolute Gasteiger partial charge is 0.338 e. The first-order chi connectivity index (χ1) is 11.1. The van der Waals surface area contributed by atoms with Crippen molar-refractivity contribution in [1.82, 2.24) is 24.5 Å². The first kappa shape index (κ1) is 15.8. The van der Waals surface area contributed by atoms with E-state index in [9.17, 15) is 4.79 Å². The molecule has 1 saturated heterocycles. The van der Waals surface area contributed by atoms with Crippen LogP contribution in [-0.2, 0) is 24.8 Å². The zero-order valence-corrected chi connectivity index (χ0v) is 14.0. The molecule has 0 saturated carbocycles. The van der Waals surface area contributed by atoms with Gasteiger partial charge in [0.1, 0.15) is 0 Å². The van der Waals surface area contributed by atoms with Crippen molar-refractivity contribution >= 4 is 5.91 Å². The lowest BCUT2D eigenvalue weighted by atomic mass is 10.0. The van der Waals surface area contributed by atoms with E-state index in [2.05, 4.69) is 15.1 Å². The molecule has 0 bridgehead atoms. The summed E-state index contributed by atoms with van der Waals surface area (Å²) >= 11 is 0. The predicted molar refractivity (Wildman–Crippen MR) is 87.8 cm³/mol. The molecule has 1 fully saturated rings. The molecule has 1 aliphatic heterocycles. The lowest BCUT2D eigenvalue weighted by Gasteiger charge is -2.36. The summed E-state index contributed by atoms with van der Waals surface area (Å²) in [5.74, 6) is 0.252. The van der Waals surface area contributed by atoms with Gasteiger partial charge in [-0.05, 0) is 43.7 Å². The van der Waals surface area contributed by atoms with E-state index in [4.69, 9.17) is 0 Å². The van der Waals surface area contributed by atoms with Crippen LogP contribution >= 0.6 is 0 Å². The number of amides is 1. The molecule has 1 amide bonds. The number of aromatic nitrogens is 4. The Kier molecular flexibility index (Phi) is 4.79. The number of rotatable bonds is 5. The highest BCUT2D eigenvalue weighted by Crippen LogP contribution is 2.20. The standard InChI is InChI=1S/C17H25N5O/c1-14-9-19-21(11-14)13-16-5-3-4-8-22(16)17(23)7-6-15-10-18-20(2)12-15/h9-12,16H,3-8,13H2,1-2H3. The molecule has 6 nitrogen and oxygen atoms in total. The van der Waals surface area contributed by atoms with Gasteiger partial charge in [0.2, 0.25) is 5.91 Å². The average molecular weight is 315 g/mol. The van der Waals surface area contributed by atoms with Crippen LogP contribution in [0.15, 0.2) is 24.8 Å². The number of carbonyl (C=O) groups excluding carboxylic acids is 1. The highest BCUT2D eigenvalue weighted by molar-refractivity contribution is 5.76. The van der Waals surface area contributed by atoms with Gasteiger partial charge in [0.15, 0.2) is 0 Å². The fraction of sp³-hybridized carbons (Fsp3) is 0.588. The monoisotopic (exact) mass is 315 g/mol. The number of likely N-dealkylation sites (tertiary alicyclic amines) is 1. The summed E-state index contributed by atoms with van der Waals surface area (Å²) in [5, 5.41) is 8.53. The maximum Gasteiger partial charge on any atom is 0.223 e. The molecule has 1 atom stereocenters.